The van der Waals surface area contributed by atoms with E-state index in [0.717, 1.165) is 22.5 Å². The summed E-state index contributed by atoms with van der Waals surface area (Å²) < 4.78 is 6.17. The van der Waals surface area contributed by atoms with Crippen LogP contribution in [0.15, 0.2) is 28.7 Å². The van der Waals surface area contributed by atoms with Gasteiger partial charge in [-0.3, -0.25) is 9.59 Å². The zero-order chi connectivity index (χ0) is 14.1. The fourth-order valence-corrected chi connectivity index (χ4v) is 3.21. The molecule has 0 radical (unpaired) electrons. The van der Waals surface area contributed by atoms with Gasteiger partial charge in [0.25, 0.3) is 5.91 Å². The SMILES string of the molecule is O=C1C[C@H]([NH+]2CCOCC2)C(=O)N1c1cccc(Br)c1. The van der Waals surface area contributed by atoms with E-state index in [1.54, 1.807) is 12.1 Å². The Balaban J connectivity index is 1.83. The molecule has 2 aliphatic rings. The molecule has 3 rings (SSSR count). The number of anilines is 1. The Morgan fingerprint density at radius 2 is 2.00 bits per heavy atom. The van der Waals surface area contributed by atoms with Crippen LogP contribution >= 0.6 is 15.9 Å². The molecule has 0 spiro atoms. The Bertz CT molecular complexity index is 543. The van der Waals surface area contributed by atoms with Crippen LogP contribution in [-0.4, -0.2) is 44.2 Å². The lowest BCUT2D eigenvalue weighted by molar-refractivity contribution is -0.922. The standard InChI is InChI=1S/C14H15BrN2O3/c15-10-2-1-3-11(8-10)17-13(18)9-12(14(17)19)16-4-6-20-7-5-16/h1-3,8,12H,4-7,9H2/p+1/t12-/m0/s1. The number of carbonyl (C=O) groups excluding carboxylic acids is 2. The molecule has 1 aromatic rings. The van der Waals surface area contributed by atoms with Gasteiger partial charge in [0, 0.05) is 4.47 Å². The second-order valence-corrected chi connectivity index (χ2v) is 5.99. The van der Waals surface area contributed by atoms with E-state index in [1.807, 2.05) is 12.1 Å². The Morgan fingerprint density at radius 3 is 2.70 bits per heavy atom. The van der Waals surface area contributed by atoms with Crippen molar-refractivity contribution in [3.63, 3.8) is 0 Å². The molecule has 2 saturated heterocycles. The highest BCUT2D eigenvalue weighted by Crippen LogP contribution is 2.24. The maximum atomic E-state index is 12.6. The van der Waals surface area contributed by atoms with Gasteiger partial charge in [0.15, 0.2) is 6.04 Å². The minimum Gasteiger partial charge on any atom is -0.370 e. The van der Waals surface area contributed by atoms with Crippen molar-refractivity contribution in [2.75, 3.05) is 31.2 Å². The van der Waals surface area contributed by atoms with Gasteiger partial charge in [-0.15, -0.1) is 0 Å². The predicted octanol–water partition coefficient (Wildman–Crippen LogP) is -0.00390. The normalized spacial score (nSPS) is 24.4. The summed E-state index contributed by atoms with van der Waals surface area (Å²) in [6.45, 7) is 2.89. The highest BCUT2D eigenvalue weighted by Gasteiger charge is 2.46. The summed E-state index contributed by atoms with van der Waals surface area (Å²) in [5.41, 5.74) is 0.643. The quantitative estimate of drug-likeness (QED) is 0.771. The van der Waals surface area contributed by atoms with E-state index >= 15 is 0 Å². The van der Waals surface area contributed by atoms with Gasteiger partial charge in [0.05, 0.1) is 25.3 Å². The second kappa shape index (κ2) is 5.63. The van der Waals surface area contributed by atoms with Gasteiger partial charge in [-0.05, 0) is 18.2 Å². The molecule has 2 aliphatic heterocycles. The smallest absolute Gasteiger partial charge is 0.292 e. The number of hydrogen-bond acceptors (Lipinski definition) is 3. The molecule has 1 N–H and O–H groups in total. The molecule has 0 saturated carbocycles. The highest BCUT2D eigenvalue weighted by atomic mass is 79.9. The minimum absolute atomic E-state index is 0.0926. The zero-order valence-electron chi connectivity index (χ0n) is 11.0. The summed E-state index contributed by atoms with van der Waals surface area (Å²) >= 11 is 3.37. The first kappa shape index (κ1) is 13.7. The van der Waals surface area contributed by atoms with Gasteiger partial charge in [-0.25, -0.2) is 4.90 Å². The summed E-state index contributed by atoms with van der Waals surface area (Å²) in [6, 6.07) is 7.03. The summed E-state index contributed by atoms with van der Waals surface area (Å²) in [6.07, 6.45) is 0.292. The lowest BCUT2D eigenvalue weighted by atomic mass is 10.2. The largest absolute Gasteiger partial charge is 0.370 e. The molecule has 2 heterocycles. The van der Waals surface area contributed by atoms with Crippen molar-refractivity contribution in [1.29, 1.82) is 0 Å². The van der Waals surface area contributed by atoms with Gasteiger partial charge < -0.3 is 9.64 Å². The molecular weight excluding hydrogens is 324 g/mol. The third kappa shape index (κ3) is 2.51. The van der Waals surface area contributed by atoms with Crippen LogP contribution in [0, 0.1) is 0 Å². The Kier molecular flexibility index (Phi) is 3.87. The number of benzene rings is 1. The average molecular weight is 340 g/mol. The van der Waals surface area contributed by atoms with Crippen LogP contribution in [0.4, 0.5) is 5.69 Å². The van der Waals surface area contributed by atoms with Gasteiger partial charge >= 0.3 is 0 Å². The number of amides is 2. The highest BCUT2D eigenvalue weighted by molar-refractivity contribution is 9.10. The first-order chi connectivity index (χ1) is 9.66. The fraction of sp³-hybridized carbons (Fsp3) is 0.429. The van der Waals surface area contributed by atoms with Crippen LogP contribution in [0.1, 0.15) is 6.42 Å². The second-order valence-electron chi connectivity index (χ2n) is 5.07. The number of rotatable bonds is 2. The first-order valence-electron chi connectivity index (χ1n) is 6.71. The molecule has 1 aromatic carbocycles. The van der Waals surface area contributed by atoms with Gasteiger partial charge in [-0.1, -0.05) is 22.0 Å². The van der Waals surface area contributed by atoms with Gasteiger partial charge in [0.1, 0.15) is 13.1 Å². The van der Waals surface area contributed by atoms with Gasteiger partial charge in [0.2, 0.25) is 5.91 Å². The molecule has 0 aromatic heterocycles. The number of nitrogens with zero attached hydrogens (tertiary/aromatic N) is 1. The molecule has 0 unspecified atom stereocenters. The number of quaternary nitrogens is 1. The Morgan fingerprint density at radius 1 is 1.25 bits per heavy atom. The average Bonchev–Trinajstić information content (AvgIpc) is 2.75. The van der Waals surface area contributed by atoms with Crippen LogP contribution in [0.2, 0.25) is 0 Å². The van der Waals surface area contributed by atoms with Crippen molar-refractivity contribution < 1.29 is 19.2 Å². The van der Waals surface area contributed by atoms with Crippen molar-refractivity contribution in [3.8, 4) is 0 Å². The zero-order valence-corrected chi connectivity index (χ0v) is 12.6. The van der Waals surface area contributed by atoms with Crippen molar-refractivity contribution in [1.82, 2.24) is 0 Å². The number of nitrogens with one attached hydrogen (secondary N) is 1. The van der Waals surface area contributed by atoms with E-state index in [2.05, 4.69) is 15.9 Å². The molecule has 6 heteroatoms. The number of halogens is 1. The molecule has 0 bridgehead atoms. The Hall–Kier alpha value is -1.24. The van der Waals surface area contributed by atoms with E-state index in [4.69, 9.17) is 4.74 Å². The first-order valence-corrected chi connectivity index (χ1v) is 7.51. The maximum absolute atomic E-state index is 12.6. The van der Waals surface area contributed by atoms with E-state index in [9.17, 15) is 9.59 Å². The molecule has 20 heavy (non-hydrogen) atoms. The lowest BCUT2D eigenvalue weighted by Crippen LogP contribution is -3.18. The molecule has 106 valence electrons. The van der Waals surface area contributed by atoms with Gasteiger partial charge in [-0.2, -0.15) is 0 Å². The summed E-state index contributed by atoms with van der Waals surface area (Å²) in [5, 5.41) is 0. The number of morpholine rings is 1. The number of imide groups is 1. The number of ether oxygens (including phenoxy) is 1. The van der Waals surface area contributed by atoms with Crippen LogP contribution in [-0.2, 0) is 14.3 Å². The third-order valence-corrected chi connectivity index (χ3v) is 4.33. The lowest BCUT2D eigenvalue weighted by Gasteiger charge is -2.27. The maximum Gasteiger partial charge on any atom is 0.292 e. The van der Waals surface area contributed by atoms with E-state index in [1.165, 1.54) is 4.90 Å². The monoisotopic (exact) mass is 339 g/mol. The minimum atomic E-state index is -0.259. The molecule has 0 aliphatic carbocycles. The number of carbonyl (C=O) groups is 2. The van der Waals surface area contributed by atoms with Crippen LogP contribution in [0.25, 0.3) is 0 Å². The predicted molar refractivity (Wildman–Crippen MR) is 76.6 cm³/mol. The summed E-state index contributed by atoms with van der Waals surface area (Å²) in [7, 11) is 0. The van der Waals surface area contributed by atoms with E-state index < -0.39 is 0 Å². The fourth-order valence-electron chi connectivity index (χ4n) is 2.82. The molecular formula is C14H16BrN2O3+. The van der Waals surface area contributed by atoms with Crippen molar-refractivity contribution in [2.24, 2.45) is 0 Å². The molecule has 5 nitrogen and oxygen atoms in total. The van der Waals surface area contributed by atoms with E-state index in [-0.39, 0.29) is 17.9 Å². The summed E-state index contributed by atoms with van der Waals surface area (Å²) in [5.74, 6) is -0.206. The number of hydrogen-bond donors (Lipinski definition) is 1. The Labute approximate surface area is 125 Å². The van der Waals surface area contributed by atoms with Crippen molar-refractivity contribution >= 4 is 33.4 Å². The van der Waals surface area contributed by atoms with Crippen LogP contribution in [0.3, 0.4) is 0 Å². The summed E-state index contributed by atoms with van der Waals surface area (Å²) in [4.78, 5) is 27.2. The third-order valence-electron chi connectivity index (χ3n) is 3.84. The topological polar surface area (TPSA) is 51.1 Å². The van der Waals surface area contributed by atoms with E-state index in [0.29, 0.717) is 25.3 Å². The molecule has 2 fully saturated rings. The van der Waals surface area contributed by atoms with Crippen molar-refractivity contribution in [2.45, 2.75) is 12.5 Å². The van der Waals surface area contributed by atoms with Crippen LogP contribution < -0.4 is 9.80 Å². The van der Waals surface area contributed by atoms with Crippen LogP contribution in [0.5, 0.6) is 0 Å². The molecule has 2 amide bonds. The van der Waals surface area contributed by atoms with Crippen molar-refractivity contribution in [3.05, 3.63) is 28.7 Å². The molecule has 1 atom stereocenters.